The molecule has 1 N–H and O–H groups in total. The monoisotopic (exact) mass is 247 g/mol. The fraction of sp³-hybridized carbons (Fsp3) is 0.800. The lowest BCUT2D eigenvalue weighted by atomic mass is 9.95. The molecule has 0 aliphatic heterocycles. The molecular formula is C15H25N3. The summed E-state index contributed by atoms with van der Waals surface area (Å²) in [6.45, 7) is 2.29. The lowest BCUT2D eigenvalue weighted by molar-refractivity contribution is 0.355. The average Bonchev–Trinajstić information content (AvgIpc) is 3.07. The zero-order chi connectivity index (χ0) is 12.4. The van der Waals surface area contributed by atoms with Crippen LogP contribution < -0.4 is 5.32 Å². The van der Waals surface area contributed by atoms with Gasteiger partial charge in [-0.15, -0.1) is 0 Å². The molecule has 1 aromatic rings. The van der Waals surface area contributed by atoms with Crippen molar-refractivity contribution in [2.24, 2.45) is 5.92 Å². The zero-order valence-electron chi connectivity index (χ0n) is 11.4. The van der Waals surface area contributed by atoms with E-state index >= 15 is 0 Å². The van der Waals surface area contributed by atoms with Crippen LogP contribution in [-0.2, 0) is 0 Å². The van der Waals surface area contributed by atoms with Gasteiger partial charge in [0.15, 0.2) is 0 Å². The molecule has 1 atom stereocenters. The fourth-order valence-electron chi connectivity index (χ4n) is 3.21. The first-order chi connectivity index (χ1) is 8.83. The fourth-order valence-corrected chi connectivity index (χ4v) is 3.21. The smallest absolute Gasteiger partial charge is 0.203 e. The van der Waals surface area contributed by atoms with Crippen LogP contribution in [0.15, 0.2) is 12.4 Å². The summed E-state index contributed by atoms with van der Waals surface area (Å²) in [6, 6.07) is 1.24. The van der Waals surface area contributed by atoms with Crippen molar-refractivity contribution in [1.82, 2.24) is 9.55 Å². The van der Waals surface area contributed by atoms with Gasteiger partial charge in [-0.3, -0.25) is 0 Å². The third-order valence-corrected chi connectivity index (χ3v) is 4.40. The van der Waals surface area contributed by atoms with Gasteiger partial charge in [-0.05, 0) is 32.1 Å². The molecule has 1 heterocycles. The van der Waals surface area contributed by atoms with Gasteiger partial charge in [0, 0.05) is 24.5 Å². The molecule has 3 heteroatoms. The van der Waals surface area contributed by atoms with E-state index in [1.807, 2.05) is 6.20 Å². The first-order valence-electron chi connectivity index (χ1n) is 7.62. The van der Waals surface area contributed by atoms with Gasteiger partial charge < -0.3 is 9.88 Å². The first kappa shape index (κ1) is 12.1. The number of anilines is 1. The van der Waals surface area contributed by atoms with Gasteiger partial charge in [-0.25, -0.2) is 4.98 Å². The standard InChI is InChI=1S/C15H25N3/c1-12(11-13-7-8-13)17-15-16-9-10-18(15)14-5-3-2-4-6-14/h9-10,12-14H,2-8,11H2,1H3,(H,16,17). The van der Waals surface area contributed by atoms with E-state index in [1.165, 1.54) is 51.4 Å². The Kier molecular flexibility index (Phi) is 3.57. The molecule has 0 radical (unpaired) electrons. The van der Waals surface area contributed by atoms with Gasteiger partial charge >= 0.3 is 0 Å². The highest BCUT2D eigenvalue weighted by Crippen LogP contribution is 2.34. The molecule has 2 aliphatic carbocycles. The van der Waals surface area contributed by atoms with Gasteiger partial charge in [-0.1, -0.05) is 32.1 Å². The Hall–Kier alpha value is -0.990. The molecule has 0 bridgehead atoms. The van der Waals surface area contributed by atoms with Crippen LogP contribution in [0.4, 0.5) is 5.95 Å². The van der Waals surface area contributed by atoms with Crippen molar-refractivity contribution < 1.29 is 0 Å². The maximum Gasteiger partial charge on any atom is 0.203 e. The second-order valence-corrected chi connectivity index (χ2v) is 6.17. The molecule has 100 valence electrons. The molecule has 18 heavy (non-hydrogen) atoms. The Labute approximate surface area is 110 Å². The summed E-state index contributed by atoms with van der Waals surface area (Å²) in [5, 5.41) is 3.61. The van der Waals surface area contributed by atoms with Crippen molar-refractivity contribution in [3.63, 3.8) is 0 Å². The molecular weight excluding hydrogens is 222 g/mol. The SMILES string of the molecule is CC(CC1CC1)Nc1nccn1C1CCCCC1. The van der Waals surface area contributed by atoms with E-state index in [0.29, 0.717) is 12.1 Å². The summed E-state index contributed by atoms with van der Waals surface area (Å²) >= 11 is 0. The largest absolute Gasteiger partial charge is 0.353 e. The third-order valence-electron chi connectivity index (χ3n) is 4.40. The highest BCUT2D eigenvalue weighted by atomic mass is 15.2. The number of rotatable bonds is 5. The van der Waals surface area contributed by atoms with E-state index < -0.39 is 0 Å². The zero-order valence-corrected chi connectivity index (χ0v) is 11.4. The maximum absolute atomic E-state index is 4.51. The number of hydrogen-bond donors (Lipinski definition) is 1. The number of aromatic nitrogens is 2. The van der Waals surface area contributed by atoms with Gasteiger partial charge in [0.05, 0.1) is 0 Å². The second kappa shape index (κ2) is 5.33. The van der Waals surface area contributed by atoms with Crippen LogP contribution in [0.1, 0.15) is 64.3 Å². The minimum Gasteiger partial charge on any atom is -0.353 e. The summed E-state index contributed by atoms with van der Waals surface area (Å²) < 4.78 is 2.38. The molecule has 1 unspecified atom stereocenters. The normalized spacial score (nSPS) is 22.9. The van der Waals surface area contributed by atoms with Crippen molar-refractivity contribution in [2.75, 3.05) is 5.32 Å². The molecule has 1 aromatic heterocycles. The minimum atomic E-state index is 0.558. The van der Waals surface area contributed by atoms with E-state index in [1.54, 1.807) is 0 Å². The van der Waals surface area contributed by atoms with E-state index in [0.717, 1.165) is 11.9 Å². The Balaban J connectivity index is 1.62. The first-order valence-corrected chi connectivity index (χ1v) is 7.62. The van der Waals surface area contributed by atoms with Crippen molar-refractivity contribution >= 4 is 5.95 Å². The highest BCUT2D eigenvalue weighted by molar-refractivity contribution is 5.28. The highest BCUT2D eigenvalue weighted by Gasteiger charge is 2.24. The predicted octanol–water partition coefficient (Wildman–Crippen LogP) is 3.99. The Morgan fingerprint density at radius 2 is 2.06 bits per heavy atom. The maximum atomic E-state index is 4.51. The molecule has 2 fully saturated rings. The van der Waals surface area contributed by atoms with Crippen LogP contribution in [0.25, 0.3) is 0 Å². The van der Waals surface area contributed by atoms with Gasteiger partial charge in [0.1, 0.15) is 0 Å². The summed E-state index contributed by atoms with van der Waals surface area (Å²) in [6.07, 6.45) is 15.1. The summed E-state index contributed by atoms with van der Waals surface area (Å²) in [4.78, 5) is 4.51. The van der Waals surface area contributed by atoms with Gasteiger partial charge in [-0.2, -0.15) is 0 Å². The predicted molar refractivity (Wildman–Crippen MR) is 74.8 cm³/mol. The number of nitrogens with one attached hydrogen (secondary N) is 1. The molecule has 2 aliphatic rings. The molecule has 0 aromatic carbocycles. The van der Waals surface area contributed by atoms with Crippen LogP contribution in [-0.4, -0.2) is 15.6 Å². The van der Waals surface area contributed by atoms with Crippen LogP contribution in [0.2, 0.25) is 0 Å². The van der Waals surface area contributed by atoms with E-state index in [-0.39, 0.29) is 0 Å². The lowest BCUT2D eigenvalue weighted by Gasteiger charge is -2.25. The van der Waals surface area contributed by atoms with Crippen molar-refractivity contribution in [3.05, 3.63) is 12.4 Å². The van der Waals surface area contributed by atoms with Crippen LogP contribution in [0, 0.1) is 5.92 Å². The molecule has 0 spiro atoms. The lowest BCUT2D eigenvalue weighted by Crippen LogP contribution is -2.21. The summed E-state index contributed by atoms with van der Waals surface area (Å²) in [5.41, 5.74) is 0. The van der Waals surface area contributed by atoms with Gasteiger partial charge in [0.2, 0.25) is 5.95 Å². The number of hydrogen-bond acceptors (Lipinski definition) is 2. The van der Waals surface area contributed by atoms with Crippen molar-refractivity contribution in [2.45, 2.75) is 70.4 Å². The summed E-state index contributed by atoms with van der Waals surface area (Å²) in [5.74, 6) is 2.07. The van der Waals surface area contributed by atoms with E-state index in [9.17, 15) is 0 Å². The Bertz CT molecular complexity index is 375. The van der Waals surface area contributed by atoms with Crippen molar-refractivity contribution in [1.29, 1.82) is 0 Å². The second-order valence-electron chi connectivity index (χ2n) is 6.17. The van der Waals surface area contributed by atoms with E-state index in [2.05, 4.69) is 28.0 Å². The minimum absolute atomic E-state index is 0.558. The van der Waals surface area contributed by atoms with Gasteiger partial charge in [0.25, 0.3) is 0 Å². The van der Waals surface area contributed by atoms with Crippen LogP contribution in [0.5, 0.6) is 0 Å². The van der Waals surface area contributed by atoms with E-state index in [4.69, 9.17) is 0 Å². The Morgan fingerprint density at radius 1 is 1.28 bits per heavy atom. The average molecular weight is 247 g/mol. The summed E-state index contributed by atoms with van der Waals surface area (Å²) in [7, 11) is 0. The quantitative estimate of drug-likeness (QED) is 0.852. The molecule has 3 nitrogen and oxygen atoms in total. The molecule has 0 amide bonds. The Morgan fingerprint density at radius 3 is 2.78 bits per heavy atom. The molecule has 2 saturated carbocycles. The molecule has 3 rings (SSSR count). The number of imidazole rings is 1. The molecule has 0 saturated heterocycles. The van der Waals surface area contributed by atoms with Crippen LogP contribution >= 0.6 is 0 Å². The van der Waals surface area contributed by atoms with Crippen LogP contribution in [0.3, 0.4) is 0 Å². The van der Waals surface area contributed by atoms with Crippen molar-refractivity contribution in [3.8, 4) is 0 Å². The topological polar surface area (TPSA) is 29.9 Å². The number of nitrogens with zero attached hydrogens (tertiary/aromatic N) is 2. The third kappa shape index (κ3) is 2.88.